The van der Waals surface area contributed by atoms with Crippen molar-refractivity contribution in [2.75, 3.05) is 64.7 Å². The Kier molecular flexibility index (Phi) is 11.1. The van der Waals surface area contributed by atoms with Crippen LogP contribution in [0.2, 0.25) is 0 Å². The number of aliphatic carboxylic acids is 1. The number of fused-ring (bicyclic) bond motifs is 1. The molecule has 0 radical (unpaired) electrons. The molecule has 2 aliphatic heterocycles. The summed E-state index contributed by atoms with van der Waals surface area (Å²) in [6.45, 7) is 4.04. The van der Waals surface area contributed by atoms with Crippen molar-refractivity contribution in [3.63, 3.8) is 0 Å². The average molecular weight is 508 g/mol. The van der Waals surface area contributed by atoms with Gasteiger partial charge < -0.3 is 34.3 Å². The number of nitrogens with one attached hydrogen (secondary N) is 2. The first-order chi connectivity index (χ1) is 17.5. The molecule has 1 aromatic carbocycles. The molecular formula is C24H33N3O9. The number of carboxylic acids is 1. The second-order valence-electron chi connectivity index (χ2n) is 8.29. The number of hydrogen-bond acceptors (Lipinski definition) is 9. The van der Waals surface area contributed by atoms with Crippen LogP contribution in [0.25, 0.3) is 0 Å². The molecule has 0 bridgehead atoms. The zero-order chi connectivity index (χ0) is 25.8. The first kappa shape index (κ1) is 27.5. The van der Waals surface area contributed by atoms with Crippen molar-refractivity contribution in [1.82, 2.24) is 10.2 Å². The number of rotatable bonds is 17. The highest BCUT2D eigenvalue weighted by atomic mass is 16.6. The Balaban J connectivity index is 1.22. The molecule has 0 aliphatic carbocycles. The third-order valence-electron chi connectivity index (χ3n) is 5.68. The molecule has 2 heterocycles. The maximum atomic E-state index is 12.7. The standard InChI is InChI=1S/C24H33N3O9/c28-21-4-3-20(23(31)26-21)27-16-17-15-18(1-2-19(17)24(27)32)25-6-8-34-10-12-36-14-13-35-11-9-33-7-5-22(29)30/h1-2,15,20,25H,3-14,16H2,(H,29,30)(H,26,28,31). The molecule has 36 heavy (non-hydrogen) atoms. The van der Waals surface area contributed by atoms with E-state index in [0.29, 0.717) is 71.3 Å². The van der Waals surface area contributed by atoms with Crippen LogP contribution in [0, 0.1) is 0 Å². The Morgan fingerprint density at radius 2 is 1.61 bits per heavy atom. The van der Waals surface area contributed by atoms with Crippen LogP contribution < -0.4 is 10.6 Å². The zero-order valence-electron chi connectivity index (χ0n) is 20.2. The summed E-state index contributed by atoms with van der Waals surface area (Å²) in [5.74, 6) is -1.80. The van der Waals surface area contributed by atoms with E-state index in [1.807, 2.05) is 12.1 Å². The van der Waals surface area contributed by atoms with Gasteiger partial charge in [-0.15, -0.1) is 0 Å². The molecule has 1 aromatic rings. The van der Waals surface area contributed by atoms with Crippen LogP contribution in [-0.2, 0) is 39.9 Å². The number of benzene rings is 1. The summed E-state index contributed by atoms with van der Waals surface area (Å²) < 4.78 is 21.4. The van der Waals surface area contributed by atoms with Crippen molar-refractivity contribution in [3.05, 3.63) is 29.3 Å². The van der Waals surface area contributed by atoms with Gasteiger partial charge in [0.1, 0.15) is 6.04 Å². The Morgan fingerprint density at radius 1 is 0.972 bits per heavy atom. The molecule has 1 unspecified atom stereocenters. The maximum absolute atomic E-state index is 12.7. The lowest BCUT2D eigenvalue weighted by molar-refractivity contribution is -0.139. The monoisotopic (exact) mass is 507 g/mol. The fourth-order valence-corrected chi connectivity index (χ4v) is 3.87. The van der Waals surface area contributed by atoms with E-state index in [9.17, 15) is 19.2 Å². The van der Waals surface area contributed by atoms with Gasteiger partial charge in [-0.05, 0) is 30.2 Å². The average Bonchev–Trinajstić information content (AvgIpc) is 3.16. The van der Waals surface area contributed by atoms with Crippen LogP contribution in [0.4, 0.5) is 5.69 Å². The summed E-state index contributed by atoms with van der Waals surface area (Å²) in [5, 5.41) is 14.0. The molecule has 12 heteroatoms. The first-order valence-electron chi connectivity index (χ1n) is 12.0. The quantitative estimate of drug-likeness (QED) is 0.199. The predicted octanol–water partition coefficient (Wildman–Crippen LogP) is 0.401. The second-order valence-corrected chi connectivity index (χ2v) is 8.29. The molecule has 0 spiro atoms. The molecule has 3 rings (SSSR count). The highest BCUT2D eigenvalue weighted by Gasteiger charge is 2.39. The van der Waals surface area contributed by atoms with E-state index in [1.165, 1.54) is 4.90 Å². The molecule has 12 nitrogen and oxygen atoms in total. The van der Waals surface area contributed by atoms with E-state index < -0.39 is 17.9 Å². The number of piperidine rings is 1. The van der Waals surface area contributed by atoms with Crippen molar-refractivity contribution < 1.29 is 43.2 Å². The number of nitrogens with zero attached hydrogens (tertiary/aromatic N) is 1. The second kappa shape index (κ2) is 14.5. The number of anilines is 1. The summed E-state index contributed by atoms with van der Waals surface area (Å²) in [4.78, 5) is 48.1. The van der Waals surface area contributed by atoms with Gasteiger partial charge in [-0.2, -0.15) is 0 Å². The van der Waals surface area contributed by atoms with E-state index in [1.54, 1.807) is 6.07 Å². The molecule has 0 saturated carbocycles. The Labute approximate surface area is 209 Å². The van der Waals surface area contributed by atoms with Crippen molar-refractivity contribution in [1.29, 1.82) is 0 Å². The SMILES string of the molecule is O=C(O)CCOCCOCCOCCOCCNc1ccc2c(c1)CN(C1CCC(=O)NC1=O)C2=O. The van der Waals surface area contributed by atoms with Crippen LogP contribution in [0.1, 0.15) is 35.2 Å². The van der Waals surface area contributed by atoms with Crippen molar-refractivity contribution >= 4 is 29.4 Å². The summed E-state index contributed by atoms with van der Waals surface area (Å²) in [7, 11) is 0. The lowest BCUT2D eigenvalue weighted by Crippen LogP contribution is -2.52. The largest absolute Gasteiger partial charge is 0.481 e. The topological polar surface area (TPSA) is 153 Å². The van der Waals surface area contributed by atoms with Crippen molar-refractivity contribution in [2.45, 2.75) is 31.8 Å². The van der Waals surface area contributed by atoms with E-state index in [0.717, 1.165) is 11.3 Å². The fraction of sp³-hybridized carbons (Fsp3) is 0.583. The Bertz CT molecular complexity index is 924. The molecular weight excluding hydrogens is 474 g/mol. The molecule has 3 N–H and O–H groups in total. The normalized spacial score (nSPS) is 17.3. The number of hydrogen-bond donors (Lipinski definition) is 3. The summed E-state index contributed by atoms with van der Waals surface area (Å²) in [5.41, 5.74) is 2.28. The van der Waals surface area contributed by atoms with Gasteiger partial charge in [-0.25, -0.2) is 0 Å². The molecule has 1 atom stereocenters. The van der Waals surface area contributed by atoms with Crippen LogP contribution in [-0.4, -0.2) is 99.1 Å². The summed E-state index contributed by atoms with van der Waals surface area (Å²) in [6, 6.07) is 4.86. The van der Waals surface area contributed by atoms with Gasteiger partial charge in [0.25, 0.3) is 5.91 Å². The van der Waals surface area contributed by atoms with Crippen LogP contribution >= 0.6 is 0 Å². The van der Waals surface area contributed by atoms with Crippen LogP contribution in [0.5, 0.6) is 0 Å². The van der Waals surface area contributed by atoms with Gasteiger partial charge in [-0.1, -0.05) is 0 Å². The Morgan fingerprint density at radius 3 is 2.25 bits per heavy atom. The molecule has 0 aromatic heterocycles. The number of carboxylic acid groups (broad SMARTS) is 1. The number of imide groups is 1. The number of carbonyl (C=O) groups is 4. The van der Waals surface area contributed by atoms with Gasteiger partial charge in [-0.3, -0.25) is 24.5 Å². The van der Waals surface area contributed by atoms with E-state index in [-0.39, 0.29) is 31.3 Å². The predicted molar refractivity (Wildman–Crippen MR) is 127 cm³/mol. The van der Waals surface area contributed by atoms with Gasteiger partial charge >= 0.3 is 5.97 Å². The smallest absolute Gasteiger partial charge is 0.305 e. The van der Waals surface area contributed by atoms with Crippen LogP contribution in [0.15, 0.2) is 18.2 Å². The first-order valence-corrected chi connectivity index (χ1v) is 12.0. The zero-order valence-corrected chi connectivity index (χ0v) is 20.2. The minimum atomic E-state index is -0.886. The molecule has 198 valence electrons. The highest BCUT2D eigenvalue weighted by Crippen LogP contribution is 2.29. The van der Waals surface area contributed by atoms with E-state index >= 15 is 0 Å². The van der Waals surface area contributed by atoms with Crippen molar-refractivity contribution in [3.8, 4) is 0 Å². The minimum Gasteiger partial charge on any atom is -0.481 e. The molecule has 1 saturated heterocycles. The summed E-state index contributed by atoms with van der Waals surface area (Å²) in [6.07, 6.45) is 0.558. The third-order valence-corrected chi connectivity index (χ3v) is 5.68. The highest BCUT2D eigenvalue weighted by molar-refractivity contribution is 6.05. The van der Waals surface area contributed by atoms with E-state index in [2.05, 4.69) is 10.6 Å². The van der Waals surface area contributed by atoms with Gasteiger partial charge in [0.2, 0.25) is 11.8 Å². The molecule has 2 aliphatic rings. The fourth-order valence-electron chi connectivity index (χ4n) is 3.87. The molecule has 1 fully saturated rings. The maximum Gasteiger partial charge on any atom is 0.305 e. The van der Waals surface area contributed by atoms with Gasteiger partial charge in [0.05, 0.1) is 59.3 Å². The number of ether oxygens (including phenoxy) is 4. The van der Waals surface area contributed by atoms with Gasteiger partial charge in [0.15, 0.2) is 0 Å². The van der Waals surface area contributed by atoms with Crippen LogP contribution in [0.3, 0.4) is 0 Å². The number of carbonyl (C=O) groups excluding carboxylic acids is 3. The van der Waals surface area contributed by atoms with Crippen molar-refractivity contribution in [2.24, 2.45) is 0 Å². The lowest BCUT2D eigenvalue weighted by Gasteiger charge is -2.29. The minimum absolute atomic E-state index is 0.0157. The Hall–Kier alpha value is -3.06. The third kappa shape index (κ3) is 8.55. The summed E-state index contributed by atoms with van der Waals surface area (Å²) >= 11 is 0. The van der Waals surface area contributed by atoms with E-state index in [4.69, 9.17) is 24.1 Å². The van der Waals surface area contributed by atoms with Gasteiger partial charge in [0, 0.05) is 30.8 Å². The molecule has 3 amide bonds. The lowest BCUT2D eigenvalue weighted by atomic mass is 10.0. The number of amides is 3.